The fourth-order valence-corrected chi connectivity index (χ4v) is 3.56. The summed E-state index contributed by atoms with van der Waals surface area (Å²) in [6.07, 6.45) is 0.748. The van der Waals surface area contributed by atoms with Gasteiger partial charge >= 0.3 is 5.76 Å². The van der Waals surface area contributed by atoms with Crippen LogP contribution in [-0.4, -0.2) is 21.6 Å². The third kappa shape index (κ3) is 3.18. The van der Waals surface area contributed by atoms with E-state index in [1.165, 1.54) is 12.1 Å². The first-order valence-electron chi connectivity index (χ1n) is 8.98. The van der Waals surface area contributed by atoms with Crippen molar-refractivity contribution in [2.75, 3.05) is 11.9 Å². The molecule has 0 unspecified atom stereocenters. The highest BCUT2D eigenvalue weighted by Crippen LogP contribution is 2.29. The minimum absolute atomic E-state index is 0.309. The molecule has 0 saturated carbocycles. The highest BCUT2D eigenvalue weighted by atomic mass is 19.1. The minimum Gasteiger partial charge on any atom is -0.408 e. The second-order valence-electron chi connectivity index (χ2n) is 6.87. The van der Waals surface area contributed by atoms with E-state index >= 15 is 0 Å². The quantitative estimate of drug-likeness (QED) is 0.563. The van der Waals surface area contributed by atoms with E-state index in [0.29, 0.717) is 35.7 Å². The minimum atomic E-state index is -0.452. The lowest BCUT2D eigenvalue weighted by Crippen LogP contribution is -2.29. The molecule has 8 heteroatoms. The Labute approximate surface area is 158 Å². The van der Waals surface area contributed by atoms with Gasteiger partial charge in [0.2, 0.25) is 0 Å². The largest absolute Gasteiger partial charge is 0.417 e. The summed E-state index contributed by atoms with van der Waals surface area (Å²) in [5.74, 6) is 0.702. The number of hydrogen-bond donors (Lipinski definition) is 2. The van der Waals surface area contributed by atoms with E-state index in [4.69, 9.17) is 8.94 Å². The van der Waals surface area contributed by atoms with Crippen LogP contribution < -0.4 is 11.1 Å². The summed E-state index contributed by atoms with van der Waals surface area (Å²) < 4.78 is 23.9. The molecule has 3 heterocycles. The van der Waals surface area contributed by atoms with Crippen LogP contribution in [0.5, 0.6) is 0 Å². The van der Waals surface area contributed by atoms with Crippen LogP contribution in [0.2, 0.25) is 0 Å². The fourth-order valence-electron chi connectivity index (χ4n) is 3.56. The van der Waals surface area contributed by atoms with Crippen molar-refractivity contribution in [1.82, 2.24) is 15.0 Å². The smallest absolute Gasteiger partial charge is 0.408 e. The van der Waals surface area contributed by atoms with Crippen LogP contribution in [0.3, 0.4) is 0 Å². The maximum absolute atomic E-state index is 13.4. The summed E-state index contributed by atoms with van der Waals surface area (Å²) in [5.41, 5.74) is 3.92. The number of hydrogen-bond acceptors (Lipinski definition) is 6. The number of fused-ring (bicyclic) bond motifs is 2. The Hall–Kier alpha value is -3.39. The maximum Gasteiger partial charge on any atom is 0.417 e. The molecule has 142 valence electrons. The highest BCUT2D eigenvalue weighted by molar-refractivity contribution is 5.72. The van der Waals surface area contributed by atoms with Crippen molar-refractivity contribution in [3.8, 4) is 0 Å². The van der Waals surface area contributed by atoms with Crippen molar-refractivity contribution in [3.05, 3.63) is 75.7 Å². The molecule has 0 amide bonds. The summed E-state index contributed by atoms with van der Waals surface area (Å²) in [5, 5.41) is 7.26. The van der Waals surface area contributed by atoms with Crippen molar-refractivity contribution in [3.63, 3.8) is 0 Å². The highest BCUT2D eigenvalue weighted by Gasteiger charge is 2.24. The van der Waals surface area contributed by atoms with E-state index in [1.54, 1.807) is 18.2 Å². The first-order valence-corrected chi connectivity index (χ1v) is 8.98. The predicted octanol–water partition coefficient (Wildman–Crippen LogP) is 3.55. The molecule has 0 spiro atoms. The van der Waals surface area contributed by atoms with Crippen molar-refractivity contribution < 1.29 is 13.3 Å². The number of benzene rings is 2. The number of oxazole rings is 1. The summed E-state index contributed by atoms with van der Waals surface area (Å²) in [7, 11) is 0. The van der Waals surface area contributed by atoms with Gasteiger partial charge in [0.25, 0.3) is 0 Å². The van der Waals surface area contributed by atoms with Crippen LogP contribution >= 0.6 is 0 Å². The number of aromatic nitrogens is 2. The molecule has 0 fully saturated rings. The molecule has 1 aliphatic rings. The van der Waals surface area contributed by atoms with Gasteiger partial charge in [-0.3, -0.25) is 9.88 Å². The Kier molecular flexibility index (Phi) is 3.98. The number of nitrogens with one attached hydrogen (secondary N) is 2. The van der Waals surface area contributed by atoms with Crippen LogP contribution in [0.25, 0.3) is 11.1 Å². The molecule has 0 bridgehead atoms. The van der Waals surface area contributed by atoms with E-state index in [9.17, 15) is 9.18 Å². The second-order valence-corrected chi connectivity index (χ2v) is 6.87. The lowest BCUT2D eigenvalue weighted by Gasteiger charge is -2.26. The molecule has 0 atom stereocenters. The van der Waals surface area contributed by atoms with E-state index in [-0.39, 0.29) is 5.82 Å². The summed E-state index contributed by atoms with van der Waals surface area (Å²) in [4.78, 5) is 16.3. The maximum atomic E-state index is 13.4. The Balaban J connectivity index is 1.35. The van der Waals surface area contributed by atoms with Gasteiger partial charge in [-0.25, -0.2) is 9.18 Å². The Morgan fingerprint density at radius 2 is 2.18 bits per heavy atom. The topological polar surface area (TPSA) is 87.3 Å². The standard InChI is InChI=1S/C20H17FN4O3/c21-13-2-1-3-14(9-13)22-19-15-11-25(7-6-17(15)28-24-19)10-12-4-5-18-16(8-12)23-20(26)27-18/h1-5,8-9H,6-7,10-11H2,(H,22,24)(H,23,26). The molecule has 28 heavy (non-hydrogen) atoms. The molecule has 0 saturated heterocycles. The number of nitrogens with zero attached hydrogens (tertiary/aromatic N) is 2. The third-order valence-electron chi connectivity index (χ3n) is 4.88. The molecule has 1 aliphatic heterocycles. The first kappa shape index (κ1) is 16.8. The predicted molar refractivity (Wildman–Crippen MR) is 101 cm³/mol. The number of rotatable bonds is 4. The molecule has 7 nitrogen and oxygen atoms in total. The second kappa shape index (κ2) is 6.65. The number of aromatic amines is 1. The van der Waals surface area contributed by atoms with Gasteiger partial charge in [-0.1, -0.05) is 17.3 Å². The lowest BCUT2D eigenvalue weighted by atomic mass is 10.1. The number of halogens is 1. The Morgan fingerprint density at radius 1 is 1.25 bits per heavy atom. The van der Waals surface area contributed by atoms with E-state index in [1.807, 2.05) is 12.1 Å². The average molecular weight is 380 g/mol. The first-order chi connectivity index (χ1) is 13.6. The van der Waals surface area contributed by atoms with Crippen LogP contribution in [0, 0.1) is 5.82 Å². The zero-order valence-electron chi connectivity index (χ0n) is 14.9. The van der Waals surface area contributed by atoms with Gasteiger partial charge in [-0.05, 0) is 35.9 Å². The van der Waals surface area contributed by atoms with Crippen molar-refractivity contribution in [2.45, 2.75) is 19.5 Å². The molecule has 2 N–H and O–H groups in total. The summed E-state index contributed by atoms with van der Waals surface area (Å²) in [6, 6.07) is 11.9. The molecular weight excluding hydrogens is 363 g/mol. The Morgan fingerprint density at radius 3 is 3.07 bits per heavy atom. The van der Waals surface area contributed by atoms with Gasteiger partial charge in [0, 0.05) is 31.7 Å². The fraction of sp³-hybridized carbons (Fsp3) is 0.200. The number of anilines is 2. The molecule has 4 aromatic rings. The van der Waals surface area contributed by atoms with Gasteiger partial charge in [0.1, 0.15) is 11.6 Å². The molecular formula is C20H17FN4O3. The van der Waals surface area contributed by atoms with Crippen LogP contribution in [0.1, 0.15) is 16.9 Å². The van der Waals surface area contributed by atoms with Crippen molar-refractivity contribution >= 4 is 22.6 Å². The third-order valence-corrected chi connectivity index (χ3v) is 4.88. The van der Waals surface area contributed by atoms with Crippen molar-refractivity contribution in [2.24, 2.45) is 0 Å². The van der Waals surface area contributed by atoms with Crippen LogP contribution in [0.15, 0.2) is 56.2 Å². The van der Waals surface area contributed by atoms with E-state index < -0.39 is 5.76 Å². The van der Waals surface area contributed by atoms with Gasteiger partial charge in [0.15, 0.2) is 11.4 Å². The van der Waals surface area contributed by atoms with E-state index in [2.05, 4.69) is 20.4 Å². The molecule has 2 aromatic heterocycles. The van der Waals surface area contributed by atoms with Crippen molar-refractivity contribution in [1.29, 1.82) is 0 Å². The zero-order chi connectivity index (χ0) is 19.1. The SMILES string of the molecule is O=c1[nH]c2cc(CN3CCc4onc(Nc5cccc(F)c5)c4C3)ccc2o1. The van der Waals surface area contributed by atoms with Crippen LogP contribution in [-0.2, 0) is 19.5 Å². The Bertz CT molecular complexity index is 1210. The zero-order valence-corrected chi connectivity index (χ0v) is 14.9. The molecule has 0 aliphatic carbocycles. The van der Waals surface area contributed by atoms with Gasteiger partial charge in [-0.15, -0.1) is 0 Å². The van der Waals surface area contributed by atoms with Crippen LogP contribution in [0.4, 0.5) is 15.9 Å². The average Bonchev–Trinajstić information content (AvgIpc) is 3.24. The van der Waals surface area contributed by atoms with E-state index in [0.717, 1.165) is 29.9 Å². The lowest BCUT2D eigenvalue weighted by molar-refractivity contribution is 0.228. The summed E-state index contributed by atoms with van der Waals surface area (Å²) >= 11 is 0. The monoisotopic (exact) mass is 380 g/mol. The molecule has 2 aromatic carbocycles. The number of H-pyrrole nitrogens is 1. The molecule has 0 radical (unpaired) electrons. The van der Waals surface area contributed by atoms with Gasteiger partial charge in [0.05, 0.1) is 11.1 Å². The normalized spacial score (nSPS) is 14.3. The molecule has 5 rings (SSSR count). The van der Waals surface area contributed by atoms with Gasteiger partial charge in [-0.2, -0.15) is 0 Å². The van der Waals surface area contributed by atoms with Gasteiger partial charge < -0.3 is 14.3 Å². The summed E-state index contributed by atoms with van der Waals surface area (Å²) in [6.45, 7) is 2.21.